The molecule has 0 saturated heterocycles. The molecule has 0 spiro atoms. The first-order valence-electron chi connectivity index (χ1n) is 19.3. The van der Waals surface area contributed by atoms with Gasteiger partial charge in [-0.15, -0.1) is 0 Å². The van der Waals surface area contributed by atoms with Gasteiger partial charge >= 0.3 is 0 Å². The third-order valence-corrected chi connectivity index (χ3v) is 12.7. The van der Waals surface area contributed by atoms with Gasteiger partial charge in [0, 0.05) is 38.3 Å². The average Bonchev–Trinajstić information content (AvgIpc) is 3.49. The fourth-order valence-corrected chi connectivity index (χ4v) is 10.4. The van der Waals surface area contributed by atoms with Gasteiger partial charge in [0.2, 0.25) is 0 Å². The zero-order valence-electron chi connectivity index (χ0n) is 29.6. The summed E-state index contributed by atoms with van der Waals surface area (Å²) < 4.78 is 0. The van der Waals surface area contributed by atoms with E-state index in [2.05, 4.69) is 155 Å². The smallest absolute Gasteiger partial charge is 0.0258 e. The van der Waals surface area contributed by atoms with Gasteiger partial charge in [-0.25, -0.2) is 0 Å². The number of hydrogen-bond acceptors (Lipinski definition) is 2. The third-order valence-electron chi connectivity index (χ3n) is 12.7. The maximum Gasteiger partial charge on any atom is 0.0258 e. The SMILES string of the molecule is c1ccc2c3c(ccc2c1)CN([C@@H]1CCCC[C@H]1N1Cc2ccc4ccccc4c2-c2c(ccc4ccccc24)C1)Cc1ccc2ccccc2c1-3. The van der Waals surface area contributed by atoms with Crippen LogP contribution in [-0.4, -0.2) is 21.9 Å². The lowest BCUT2D eigenvalue weighted by molar-refractivity contribution is 0.0309. The molecule has 0 N–H and O–H groups in total. The van der Waals surface area contributed by atoms with Gasteiger partial charge in [-0.2, -0.15) is 0 Å². The van der Waals surface area contributed by atoms with E-state index >= 15 is 0 Å². The van der Waals surface area contributed by atoms with Gasteiger partial charge in [-0.05, 0) is 100 Å². The summed E-state index contributed by atoms with van der Waals surface area (Å²) in [6, 6.07) is 56.2. The molecule has 252 valence electrons. The highest BCUT2D eigenvalue weighted by Crippen LogP contribution is 2.46. The number of benzene rings is 8. The molecule has 1 aliphatic carbocycles. The van der Waals surface area contributed by atoms with Crippen LogP contribution in [0.1, 0.15) is 47.9 Å². The number of rotatable bonds is 2. The Bertz CT molecular complexity index is 2330. The van der Waals surface area contributed by atoms with Crippen molar-refractivity contribution in [1.29, 1.82) is 0 Å². The van der Waals surface area contributed by atoms with E-state index in [-0.39, 0.29) is 0 Å². The second-order valence-corrected chi connectivity index (χ2v) is 15.5. The second kappa shape index (κ2) is 12.2. The molecule has 0 bridgehead atoms. The average molecular weight is 671 g/mol. The molecule has 0 radical (unpaired) electrons. The molecular formula is C50H42N2. The van der Waals surface area contributed by atoms with Crippen LogP contribution < -0.4 is 0 Å². The third kappa shape index (κ3) is 4.78. The molecule has 8 aromatic carbocycles. The number of fused-ring (bicyclic) bond motifs is 14. The van der Waals surface area contributed by atoms with Gasteiger partial charge in [0.15, 0.2) is 0 Å². The molecule has 8 aromatic rings. The Labute approximate surface area is 305 Å². The van der Waals surface area contributed by atoms with E-state index < -0.39 is 0 Å². The first-order chi connectivity index (χ1) is 25.8. The van der Waals surface area contributed by atoms with Crippen LogP contribution in [0.3, 0.4) is 0 Å². The van der Waals surface area contributed by atoms with Gasteiger partial charge in [-0.3, -0.25) is 9.80 Å². The lowest BCUT2D eigenvalue weighted by atomic mass is 9.87. The Hall–Kier alpha value is -5.28. The lowest BCUT2D eigenvalue weighted by Gasteiger charge is -2.45. The molecular weight excluding hydrogens is 629 g/mol. The minimum Gasteiger partial charge on any atom is -0.290 e. The van der Waals surface area contributed by atoms with E-state index in [1.807, 2.05) is 0 Å². The second-order valence-electron chi connectivity index (χ2n) is 15.5. The van der Waals surface area contributed by atoms with Crippen LogP contribution in [0.25, 0.3) is 65.3 Å². The summed E-state index contributed by atoms with van der Waals surface area (Å²) in [5.41, 5.74) is 11.6. The zero-order chi connectivity index (χ0) is 34.2. The summed E-state index contributed by atoms with van der Waals surface area (Å²) in [7, 11) is 0. The Morgan fingerprint density at radius 2 is 0.577 bits per heavy atom. The van der Waals surface area contributed by atoms with E-state index in [0.29, 0.717) is 12.1 Å². The standard InChI is InChI=1S/C50H42N2/c1-5-15-41-33(11-1)21-25-37-29-51(30-38-26-22-34-12-2-6-16-42(34)48(38)47(37)41)45-19-9-10-20-46(45)52-31-39-27-23-35-13-3-7-17-43(35)49(39)50-40(32-52)28-24-36-14-4-8-18-44(36)50/h1-8,11-18,21-28,45-46H,9-10,19-20,29-32H2/t45-,46-/m1/s1. The van der Waals surface area contributed by atoms with Gasteiger partial charge < -0.3 is 0 Å². The van der Waals surface area contributed by atoms with Crippen molar-refractivity contribution in [3.63, 3.8) is 0 Å². The topological polar surface area (TPSA) is 6.48 Å². The molecule has 3 aliphatic rings. The monoisotopic (exact) mass is 670 g/mol. The fraction of sp³-hybridized carbons (Fsp3) is 0.200. The molecule has 0 aromatic heterocycles. The Kier molecular flexibility index (Phi) is 7.10. The molecule has 0 amide bonds. The summed E-state index contributed by atoms with van der Waals surface area (Å²) in [6.07, 6.45) is 5.07. The van der Waals surface area contributed by atoms with Crippen molar-refractivity contribution in [3.8, 4) is 22.3 Å². The Morgan fingerprint density at radius 3 is 0.865 bits per heavy atom. The maximum absolute atomic E-state index is 2.88. The molecule has 1 fully saturated rings. The van der Waals surface area contributed by atoms with E-state index in [1.54, 1.807) is 0 Å². The van der Waals surface area contributed by atoms with E-state index in [0.717, 1.165) is 26.2 Å². The highest BCUT2D eigenvalue weighted by molar-refractivity contribution is 6.09. The normalized spacial score (nSPS) is 19.2. The molecule has 2 heteroatoms. The van der Waals surface area contributed by atoms with Crippen molar-refractivity contribution in [2.75, 3.05) is 0 Å². The van der Waals surface area contributed by atoms with Crippen LogP contribution in [0.5, 0.6) is 0 Å². The molecule has 1 saturated carbocycles. The minimum absolute atomic E-state index is 0.469. The highest BCUT2D eigenvalue weighted by atomic mass is 15.3. The molecule has 52 heavy (non-hydrogen) atoms. The first kappa shape index (κ1) is 30.4. The van der Waals surface area contributed by atoms with Crippen LogP contribution >= 0.6 is 0 Å². The van der Waals surface area contributed by atoms with Crippen LogP contribution in [0.2, 0.25) is 0 Å². The van der Waals surface area contributed by atoms with Crippen LogP contribution in [0, 0.1) is 0 Å². The maximum atomic E-state index is 2.88. The predicted octanol–water partition coefficient (Wildman–Crippen LogP) is 12.3. The number of nitrogens with zero attached hydrogens (tertiary/aromatic N) is 2. The Morgan fingerprint density at radius 1 is 0.308 bits per heavy atom. The Balaban J connectivity index is 1.06. The van der Waals surface area contributed by atoms with Crippen molar-refractivity contribution in [2.45, 2.75) is 63.9 Å². The van der Waals surface area contributed by atoms with Crippen molar-refractivity contribution in [3.05, 3.63) is 168 Å². The molecule has 2 nitrogen and oxygen atoms in total. The minimum atomic E-state index is 0.469. The summed E-state index contributed by atoms with van der Waals surface area (Å²) in [4.78, 5) is 5.76. The first-order valence-corrected chi connectivity index (χ1v) is 19.3. The van der Waals surface area contributed by atoms with Crippen LogP contribution in [-0.2, 0) is 26.2 Å². The molecule has 0 unspecified atom stereocenters. The van der Waals surface area contributed by atoms with E-state index in [1.165, 1.54) is 113 Å². The highest BCUT2D eigenvalue weighted by Gasteiger charge is 2.38. The summed E-state index contributed by atoms with van der Waals surface area (Å²) >= 11 is 0. The largest absolute Gasteiger partial charge is 0.290 e. The predicted molar refractivity (Wildman–Crippen MR) is 218 cm³/mol. The summed E-state index contributed by atoms with van der Waals surface area (Å²) in [5.74, 6) is 0. The van der Waals surface area contributed by atoms with Gasteiger partial charge in [0.1, 0.15) is 0 Å². The number of hydrogen-bond donors (Lipinski definition) is 0. The molecule has 2 aliphatic heterocycles. The summed E-state index contributed by atoms with van der Waals surface area (Å²) in [6.45, 7) is 3.89. The molecule has 2 heterocycles. The van der Waals surface area contributed by atoms with Gasteiger partial charge in [0.25, 0.3) is 0 Å². The quantitative estimate of drug-likeness (QED) is 0.181. The van der Waals surface area contributed by atoms with Crippen molar-refractivity contribution in [1.82, 2.24) is 9.80 Å². The fourth-order valence-electron chi connectivity index (χ4n) is 10.4. The van der Waals surface area contributed by atoms with Crippen molar-refractivity contribution >= 4 is 43.1 Å². The van der Waals surface area contributed by atoms with Crippen LogP contribution in [0.4, 0.5) is 0 Å². The molecule has 11 rings (SSSR count). The summed E-state index contributed by atoms with van der Waals surface area (Å²) in [5, 5.41) is 10.8. The lowest BCUT2D eigenvalue weighted by Crippen LogP contribution is -2.52. The van der Waals surface area contributed by atoms with Crippen LogP contribution in [0.15, 0.2) is 146 Å². The van der Waals surface area contributed by atoms with Gasteiger partial charge in [-0.1, -0.05) is 158 Å². The van der Waals surface area contributed by atoms with Gasteiger partial charge in [0.05, 0.1) is 0 Å². The van der Waals surface area contributed by atoms with E-state index in [9.17, 15) is 0 Å². The van der Waals surface area contributed by atoms with Crippen molar-refractivity contribution < 1.29 is 0 Å². The molecule has 2 atom stereocenters. The zero-order valence-corrected chi connectivity index (χ0v) is 29.6. The van der Waals surface area contributed by atoms with Crippen molar-refractivity contribution in [2.24, 2.45) is 0 Å². The van der Waals surface area contributed by atoms with E-state index in [4.69, 9.17) is 0 Å².